The van der Waals surface area contributed by atoms with Gasteiger partial charge in [-0.1, -0.05) is 0 Å². The fourth-order valence-electron chi connectivity index (χ4n) is 0.552. The first kappa shape index (κ1) is 17.5. The molecule has 0 spiro atoms. The van der Waals surface area contributed by atoms with Gasteiger partial charge < -0.3 is 15.7 Å². The molecule has 3 N–H and O–H groups in total. The van der Waals surface area contributed by atoms with Gasteiger partial charge in [-0.3, -0.25) is 9.59 Å². The number of aliphatic carboxylic acids is 2. The smallest absolute Gasteiger partial charge is 0.870 e. The molecule has 0 radical (unpaired) electrons. The molecule has 12 heavy (non-hydrogen) atoms. The summed E-state index contributed by atoms with van der Waals surface area (Å²) in [4.78, 5) is 19.8. The van der Waals surface area contributed by atoms with Crippen LogP contribution in [-0.2, 0) is 26.7 Å². The van der Waals surface area contributed by atoms with E-state index in [1.807, 2.05) is 0 Å². The number of hydrogen-bond donors (Lipinski definition) is 2. The Morgan fingerprint density at radius 2 is 1.17 bits per heavy atom. The first-order valence-electron chi connectivity index (χ1n) is 3.06. The van der Waals surface area contributed by atoms with Gasteiger partial charge in [0.05, 0.1) is 0 Å². The third-order valence-corrected chi connectivity index (χ3v) is 1.03. The maximum absolute atomic E-state index is 9.90. The van der Waals surface area contributed by atoms with E-state index in [4.69, 9.17) is 10.2 Å². The molecule has 0 saturated carbocycles. The van der Waals surface area contributed by atoms with Gasteiger partial charge >= 0.3 is 29.0 Å². The van der Waals surface area contributed by atoms with Crippen LogP contribution in [-0.4, -0.2) is 27.6 Å². The molecule has 0 fully saturated rings. The number of carboxylic acid groups (broad SMARTS) is 2. The van der Waals surface area contributed by atoms with Crippen molar-refractivity contribution in [3.05, 3.63) is 0 Å². The molecule has 0 aliphatic rings. The van der Waals surface area contributed by atoms with E-state index in [2.05, 4.69) is 0 Å². The van der Waals surface area contributed by atoms with Crippen LogP contribution in [0.1, 0.15) is 25.7 Å². The van der Waals surface area contributed by atoms with E-state index in [1.54, 1.807) is 0 Å². The number of rotatable bonds is 5. The van der Waals surface area contributed by atoms with E-state index >= 15 is 0 Å². The first-order chi connectivity index (χ1) is 4.63. The Kier molecular flexibility index (Phi) is 15.2. The minimum Gasteiger partial charge on any atom is -0.870 e. The zero-order valence-corrected chi connectivity index (χ0v) is 7.23. The summed E-state index contributed by atoms with van der Waals surface area (Å²) in [6.45, 7) is 0. The SMILES string of the molecule is O=C(O)CCCCC(=O)O.[Cu+].[OH-]. The molecule has 76 valence electrons. The van der Waals surface area contributed by atoms with Gasteiger partial charge in [-0.05, 0) is 12.8 Å². The minimum absolute atomic E-state index is 0. The van der Waals surface area contributed by atoms with Crippen molar-refractivity contribution in [2.45, 2.75) is 25.7 Å². The zero-order chi connectivity index (χ0) is 7.98. The second-order valence-electron chi connectivity index (χ2n) is 1.99. The Labute approximate surface area is 80.6 Å². The van der Waals surface area contributed by atoms with Crippen LogP contribution in [0.25, 0.3) is 0 Å². The normalized spacial score (nSPS) is 7.67. The van der Waals surface area contributed by atoms with Crippen LogP contribution >= 0.6 is 0 Å². The standard InChI is InChI=1S/C6H10O4.Cu.H2O/c7-5(8)3-1-2-4-6(9)10;;/h1-4H2,(H,7,8)(H,9,10);;1H2/q;+1;/p-1. The Bertz CT molecular complexity index is 120. The summed E-state index contributed by atoms with van der Waals surface area (Å²) in [7, 11) is 0. The van der Waals surface area contributed by atoms with Gasteiger partial charge in [0, 0.05) is 12.8 Å². The van der Waals surface area contributed by atoms with Gasteiger partial charge in [0.25, 0.3) is 0 Å². The van der Waals surface area contributed by atoms with Gasteiger partial charge in [-0.15, -0.1) is 0 Å². The maximum atomic E-state index is 9.90. The average molecular weight is 227 g/mol. The third kappa shape index (κ3) is 16.2. The second kappa shape index (κ2) is 10.4. The number of hydrogen-bond acceptors (Lipinski definition) is 3. The van der Waals surface area contributed by atoms with Gasteiger partial charge in [-0.2, -0.15) is 0 Å². The van der Waals surface area contributed by atoms with E-state index in [0.29, 0.717) is 12.8 Å². The van der Waals surface area contributed by atoms with Crippen LogP contribution in [0.3, 0.4) is 0 Å². The second-order valence-corrected chi connectivity index (χ2v) is 1.99. The molecule has 0 unspecified atom stereocenters. The van der Waals surface area contributed by atoms with Crippen LogP contribution in [0, 0.1) is 0 Å². The maximum Gasteiger partial charge on any atom is 1.00 e. The largest absolute Gasteiger partial charge is 1.00 e. The zero-order valence-electron chi connectivity index (χ0n) is 6.29. The van der Waals surface area contributed by atoms with Crippen molar-refractivity contribution in [1.29, 1.82) is 0 Å². The molecule has 0 amide bonds. The molecule has 5 nitrogen and oxygen atoms in total. The summed E-state index contributed by atoms with van der Waals surface area (Å²) in [5, 5.41) is 16.3. The molecule has 0 aromatic rings. The van der Waals surface area contributed by atoms with Crippen LogP contribution in [0.4, 0.5) is 0 Å². The van der Waals surface area contributed by atoms with Crippen molar-refractivity contribution in [1.82, 2.24) is 0 Å². The van der Waals surface area contributed by atoms with Crippen molar-refractivity contribution in [3.63, 3.8) is 0 Å². The Hall–Kier alpha value is -0.581. The quantitative estimate of drug-likeness (QED) is 0.526. The van der Waals surface area contributed by atoms with Crippen molar-refractivity contribution in [2.24, 2.45) is 0 Å². The molecule has 0 aromatic heterocycles. The van der Waals surface area contributed by atoms with E-state index < -0.39 is 11.9 Å². The van der Waals surface area contributed by atoms with Crippen LogP contribution in [0.5, 0.6) is 0 Å². The molecule has 0 aliphatic heterocycles. The molecular weight excluding hydrogens is 216 g/mol. The Morgan fingerprint density at radius 3 is 1.33 bits per heavy atom. The number of carbonyl (C=O) groups is 2. The van der Waals surface area contributed by atoms with Crippen molar-refractivity contribution in [3.8, 4) is 0 Å². The Balaban J connectivity index is -0.000000405. The van der Waals surface area contributed by atoms with E-state index in [0.717, 1.165) is 0 Å². The third-order valence-electron chi connectivity index (χ3n) is 1.03. The summed E-state index contributed by atoms with van der Waals surface area (Å²) in [5.41, 5.74) is 0. The van der Waals surface area contributed by atoms with E-state index in [9.17, 15) is 9.59 Å². The van der Waals surface area contributed by atoms with Crippen LogP contribution in [0.15, 0.2) is 0 Å². The minimum atomic E-state index is -0.870. The summed E-state index contributed by atoms with van der Waals surface area (Å²) >= 11 is 0. The first-order valence-corrected chi connectivity index (χ1v) is 3.06. The summed E-state index contributed by atoms with van der Waals surface area (Å²) in [6, 6.07) is 0. The summed E-state index contributed by atoms with van der Waals surface area (Å²) in [5.74, 6) is -1.74. The number of unbranched alkanes of at least 4 members (excludes halogenated alkanes) is 1. The van der Waals surface area contributed by atoms with Crippen molar-refractivity contribution in [2.75, 3.05) is 0 Å². The predicted octanol–water partition coefficient (Wildman–Crippen LogP) is 0.537. The van der Waals surface area contributed by atoms with Gasteiger partial charge in [0.15, 0.2) is 0 Å². The fraction of sp³-hybridized carbons (Fsp3) is 0.667. The molecule has 0 rings (SSSR count). The van der Waals surface area contributed by atoms with Crippen molar-refractivity contribution >= 4 is 11.9 Å². The van der Waals surface area contributed by atoms with Gasteiger partial charge in [0.1, 0.15) is 0 Å². The monoisotopic (exact) mass is 226 g/mol. The molecule has 6 heteroatoms. The molecule has 0 atom stereocenters. The molecule has 0 saturated heterocycles. The van der Waals surface area contributed by atoms with E-state index in [1.165, 1.54) is 0 Å². The summed E-state index contributed by atoms with van der Waals surface area (Å²) < 4.78 is 0. The van der Waals surface area contributed by atoms with Gasteiger partial charge in [-0.25, -0.2) is 0 Å². The topological polar surface area (TPSA) is 105 Å². The van der Waals surface area contributed by atoms with Crippen LogP contribution < -0.4 is 0 Å². The molecule has 0 heterocycles. The van der Waals surface area contributed by atoms with Crippen LogP contribution in [0.2, 0.25) is 0 Å². The van der Waals surface area contributed by atoms with Crippen molar-refractivity contribution < 1.29 is 42.3 Å². The summed E-state index contributed by atoms with van der Waals surface area (Å²) in [6.07, 6.45) is 1.02. The van der Waals surface area contributed by atoms with Gasteiger partial charge in [0.2, 0.25) is 0 Å². The molecule has 0 aliphatic carbocycles. The average Bonchev–Trinajstić information content (AvgIpc) is 1.79. The fourth-order valence-corrected chi connectivity index (χ4v) is 0.552. The molecule has 0 bridgehead atoms. The molecule has 0 aromatic carbocycles. The Morgan fingerprint density at radius 1 is 0.917 bits per heavy atom. The van der Waals surface area contributed by atoms with E-state index in [-0.39, 0.29) is 35.4 Å². The number of carboxylic acids is 2. The molecular formula is C6H11CuO5. The predicted molar refractivity (Wildman–Crippen MR) is 35.7 cm³/mol.